The van der Waals surface area contributed by atoms with Crippen LogP contribution in [0.1, 0.15) is 0 Å². The Morgan fingerprint density at radius 1 is 1.05 bits per heavy atom. The van der Waals surface area contributed by atoms with E-state index in [0.29, 0.717) is 5.58 Å². The van der Waals surface area contributed by atoms with E-state index < -0.39 is 0 Å². The number of hydrogen-bond donors (Lipinski definition) is 2. The topological polar surface area (TPSA) is 58.0 Å². The first-order chi connectivity index (χ1) is 9.79. The summed E-state index contributed by atoms with van der Waals surface area (Å²) in [4.78, 5) is 15.2. The molecule has 0 amide bonds. The summed E-state index contributed by atoms with van der Waals surface area (Å²) in [7, 11) is 1.84. The molecule has 4 aromatic rings. The van der Waals surface area contributed by atoms with Gasteiger partial charge >= 0.3 is 0 Å². The van der Waals surface area contributed by atoms with Gasteiger partial charge in [0.25, 0.3) is 5.56 Å². The summed E-state index contributed by atoms with van der Waals surface area (Å²) >= 11 is 0. The maximum absolute atomic E-state index is 12.3. The molecule has 0 bridgehead atoms. The molecule has 0 atom stereocenters. The molecule has 0 unspecified atom stereocenters. The van der Waals surface area contributed by atoms with E-state index >= 15 is 0 Å². The average molecular weight is 264 g/mol. The molecule has 2 aromatic carbocycles. The molecule has 4 heteroatoms. The summed E-state index contributed by atoms with van der Waals surface area (Å²) in [6.45, 7) is 0. The average Bonchev–Trinajstić information content (AvgIpc) is 2.87. The minimum absolute atomic E-state index is 0.202. The molecule has 0 saturated heterocycles. The third-order valence-corrected chi connectivity index (χ3v) is 3.64. The SMILES string of the molecule is CNc1cccc2c1[nH]c(=O)c1oc3ccccc3c12. The largest absolute Gasteiger partial charge is 0.450 e. The summed E-state index contributed by atoms with van der Waals surface area (Å²) in [5, 5.41) is 5.92. The van der Waals surface area contributed by atoms with Crippen molar-refractivity contribution in [1.82, 2.24) is 4.98 Å². The van der Waals surface area contributed by atoms with Crippen LogP contribution in [0, 0.1) is 0 Å². The van der Waals surface area contributed by atoms with Crippen LogP contribution < -0.4 is 10.9 Å². The lowest BCUT2D eigenvalue weighted by atomic mass is 10.1. The van der Waals surface area contributed by atoms with Crippen molar-refractivity contribution in [2.45, 2.75) is 0 Å². The van der Waals surface area contributed by atoms with E-state index in [9.17, 15) is 4.79 Å². The Labute approximate surface area is 114 Å². The summed E-state index contributed by atoms with van der Waals surface area (Å²) in [6.07, 6.45) is 0. The number of nitrogens with one attached hydrogen (secondary N) is 2. The number of aromatic amines is 1. The lowest BCUT2D eigenvalue weighted by Crippen LogP contribution is -2.06. The molecule has 0 aliphatic carbocycles. The van der Waals surface area contributed by atoms with Crippen LogP contribution >= 0.6 is 0 Å². The van der Waals surface area contributed by atoms with Gasteiger partial charge in [-0.1, -0.05) is 30.3 Å². The number of furan rings is 1. The second kappa shape index (κ2) is 3.87. The van der Waals surface area contributed by atoms with Gasteiger partial charge in [0.15, 0.2) is 0 Å². The van der Waals surface area contributed by atoms with Crippen LogP contribution in [-0.2, 0) is 0 Å². The van der Waals surface area contributed by atoms with Gasteiger partial charge in [0, 0.05) is 23.2 Å². The van der Waals surface area contributed by atoms with Gasteiger partial charge in [-0.25, -0.2) is 0 Å². The van der Waals surface area contributed by atoms with Gasteiger partial charge in [-0.15, -0.1) is 0 Å². The fourth-order valence-corrected chi connectivity index (χ4v) is 2.75. The van der Waals surface area contributed by atoms with Crippen molar-refractivity contribution < 1.29 is 4.42 Å². The van der Waals surface area contributed by atoms with Gasteiger partial charge in [0.2, 0.25) is 5.58 Å². The van der Waals surface area contributed by atoms with Crippen molar-refractivity contribution in [3.8, 4) is 0 Å². The first kappa shape index (κ1) is 11.1. The molecule has 98 valence electrons. The predicted octanol–water partition coefficient (Wildman–Crippen LogP) is 3.47. The molecule has 2 aromatic heterocycles. The molecule has 2 N–H and O–H groups in total. The lowest BCUT2D eigenvalue weighted by molar-refractivity contribution is 0.663. The fourth-order valence-electron chi connectivity index (χ4n) is 2.75. The third kappa shape index (κ3) is 1.33. The molecule has 0 aliphatic heterocycles. The van der Waals surface area contributed by atoms with E-state index in [4.69, 9.17) is 4.42 Å². The Morgan fingerprint density at radius 3 is 2.70 bits per heavy atom. The van der Waals surface area contributed by atoms with Crippen LogP contribution in [0.25, 0.3) is 32.8 Å². The predicted molar refractivity (Wildman–Crippen MR) is 81.4 cm³/mol. The van der Waals surface area contributed by atoms with E-state index in [2.05, 4.69) is 10.3 Å². The highest BCUT2D eigenvalue weighted by Crippen LogP contribution is 2.33. The second-order valence-electron chi connectivity index (χ2n) is 4.73. The van der Waals surface area contributed by atoms with Crippen molar-refractivity contribution in [2.75, 3.05) is 12.4 Å². The zero-order valence-electron chi connectivity index (χ0n) is 10.9. The van der Waals surface area contributed by atoms with Gasteiger partial charge in [0.1, 0.15) is 5.58 Å². The second-order valence-corrected chi connectivity index (χ2v) is 4.73. The number of pyridine rings is 1. The number of aromatic nitrogens is 1. The number of para-hydroxylation sites is 2. The third-order valence-electron chi connectivity index (χ3n) is 3.64. The summed E-state index contributed by atoms with van der Waals surface area (Å²) in [5.74, 6) is 0. The van der Waals surface area contributed by atoms with Crippen LogP contribution in [0.4, 0.5) is 5.69 Å². The lowest BCUT2D eigenvalue weighted by Gasteiger charge is -2.05. The molecule has 0 radical (unpaired) electrons. The number of fused-ring (bicyclic) bond motifs is 5. The molecule has 0 spiro atoms. The Morgan fingerprint density at radius 2 is 1.85 bits per heavy atom. The van der Waals surface area contributed by atoms with Crippen molar-refractivity contribution in [1.29, 1.82) is 0 Å². The number of rotatable bonds is 1. The molecular weight excluding hydrogens is 252 g/mol. The molecule has 20 heavy (non-hydrogen) atoms. The van der Waals surface area contributed by atoms with Gasteiger partial charge in [0.05, 0.1) is 11.2 Å². The summed E-state index contributed by atoms with van der Waals surface area (Å²) in [6, 6.07) is 13.6. The van der Waals surface area contributed by atoms with Crippen LogP contribution in [0.3, 0.4) is 0 Å². The van der Waals surface area contributed by atoms with Crippen LogP contribution in [0.5, 0.6) is 0 Å². The smallest absolute Gasteiger partial charge is 0.292 e. The monoisotopic (exact) mass is 264 g/mol. The number of anilines is 1. The Bertz CT molecular complexity index is 1010. The molecule has 4 rings (SSSR count). The Balaban J connectivity index is 2.37. The highest BCUT2D eigenvalue weighted by molar-refractivity contribution is 6.19. The summed E-state index contributed by atoms with van der Waals surface area (Å²) < 4.78 is 5.70. The first-order valence-electron chi connectivity index (χ1n) is 6.43. The highest BCUT2D eigenvalue weighted by atomic mass is 16.3. The number of H-pyrrole nitrogens is 1. The summed E-state index contributed by atoms with van der Waals surface area (Å²) in [5.41, 5.74) is 2.61. The van der Waals surface area contributed by atoms with Crippen LogP contribution in [-0.4, -0.2) is 12.0 Å². The highest BCUT2D eigenvalue weighted by Gasteiger charge is 2.14. The number of benzene rings is 2. The van der Waals surface area contributed by atoms with E-state index in [1.165, 1.54) is 0 Å². The van der Waals surface area contributed by atoms with E-state index in [0.717, 1.165) is 32.9 Å². The Hall–Kier alpha value is -2.75. The van der Waals surface area contributed by atoms with Crippen molar-refractivity contribution in [3.05, 3.63) is 52.8 Å². The van der Waals surface area contributed by atoms with Gasteiger partial charge in [-0.2, -0.15) is 0 Å². The molecule has 4 nitrogen and oxygen atoms in total. The van der Waals surface area contributed by atoms with Crippen molar-refractivity contribution >= 4 is 38.5 Å². The van der Waals surface area contributed by atoms with Crippen molar-refractivity contribution in [2.24, 2.45) is 0 Å². The normalized spacial score (nSPS) is 11.4. The van der Waals surface area contributed by atoms with E-state index in [1.807, 2.05) is 49.5 Å². The molecule has 0 saturated carbocycles. The van der Waals surface area contributed by atoms with Crippen molar-refractivity contribution in [3.63, 3.8) is 0 Å². The van der Waals surface area contributed by atoms with Crippen LogP contribution in [0.2, 0.25) is 0 Å². The quantitative estimate of drug-likeness (QED) is 0.553. The first-order valence-corrected chi connectivity index (χ1v) is 6.43. The van der Waals surface area contributed by atoms with Crippen LogP contribution in [0.15, 0.2) is 51.7 Å². The minimum Gasteiger partial charge on any atom is -0.450 e. The molecule has 0 fully saturated rings. The number of hydrogen-bond acceptors (Lipinski definition) is 3. The van der Waals surface area contributed by atoms with Gasteiger partial charge < -0.3 is 14.7 Å². The van der Waals surface area contributed by atoms with E-state index in [-0.39, 0.29) is 5.56 Å². The minimum atomic E-state index is -0.202. The fraction of sp³-hybridized carbons (Fsp3) is 0.0625. The maximum atomic E-state index is 12.3. The van der Waals surface area contributed by atoms with Gasteiger partial charge in [-0.3, -0.25) is 4.79 Å². The molecule has 2 heterocycles. The molecule has 0 aliphatic rings. The maximum Gasteiger partial charge on any atom is 0.292 e. The Kier molecular flexibility index (Phi) is 2.15. The standard InChI is InChI=1S/C16H12N2O2/c1-17-11-7-4-6-10-13-9-5-2-3-8-12(9)20-15(13)16(19)18-14(10)11/h2-8,17H,1H3,(H,18,19). The zero-order valence-corrected chi connectivity index (χ0v) is 10.9. The van der Waals surface area contributed by atoms with E-state index in [1.54, 1.807) is 0 Å². The molecular formula is C16H12N2O2. The van der Waals surface area contributed by atoms with Gasteiger partial charge in [-0.05, 0) is 12.1 Å². The zero-order chi connectivity index (χ0) is 13.7.